The molecular formula is C14H12ClNO3S2. The van der Waals surface area contributed by atoms with Gasteiger partial charge in [0.1, 0.15) is 5.01 Å². The van der Waals surface area contributed by atoms with Crippen molar-refractivity contribution in [3.05, 3.63) is 40.9 Å². The number of nitrogens with zero attached hydrogens (tertiary/aromatic N) is 1. The third kappa shape index (κ3) is 3.45. The molecule has 4 nitrogen and oxygen atoms in total. The molecule has 1 aliphatic rings. The van der Waals surface area contributed by atoms with Gasteiger partial charge in [-0.05, 0) is 18.2 Å². The lowest BCUT2D eigenvalue weighted by atomic mass is 10.2. The predicted molar refractivity (Wildman–Crippen MR) is 85.4 cm³/mol. The van der Waals surface area contributed by atoms with E-state index >= 15 is 0 Å². The average Bonchev–Trinajstić information content (AvgIpc) is 3.04. The minimum Gasteiger partial charge on any atom is -0.454 e. The van der Waals surface area contributed by atoms with Gasteiger partial charge in [0.05, 0.1) is 17.2 Å². The van der Waals surface area contributed by atoms with Crippen LogP contribution in [0.4, 0.5) is 0 Å². The van der Waals surface area contributed by atoms with Gasteiger partial charge in [-0.25, -0.2) is 4.98 Å². The third-order valence-electron chi connectivity index (χ3n) is 2.80. The van der Waals surface area contributed by atoms with Gasteiger partial charge in [-0.1, -0.05) is 18.2 Å². The summed E-state index contributed by atoms with van der Waals surface area (Å²) in [5, 5.41) is 3.18. The van der Waals surface area contributed by atoms with Gasteiger partial charge < -0.3 is 9.47 Å². The number of benzene rings is 1. The Bertz CT molecular complexity index is 714. The van der Waals surface area contributed by atoms with E-state index in [-0.39, 0.29) is 6.79 Å². The molecule has 0 N–H and O–H groups in total. The normalized spacial score (nSPS) is 14.1. The number of ether oxygens (including phenoxy) is 2. The molecule has 0 radical (unpaired) electrons. The smallest absolute Gasteiger partial charge is 0.231 e. The van der Waals surface area contributed by atoms with Crippen LogP contribution in [0, 0.1) is 0 Å². The molecule has 0 spiro atoms. The van der Waals surface area contributed by atoms with Crippen molar-refractivity contribution < 1.29 is 13.7 Å². The lowest BCUT2D eigenvalue weighted by Crippen LogP contribution is -2.00. The maximum absolute atomic E-state index is 11.8. The fraction of sp³-hybridized carbons (Fsp3) is 0.214. The van der Waals surface area contributed by atoms with Crippen molar-refractivity contribution in [2.45, 2.75) is 5.75 Å². The Morgan fingerprint density at radius 1 is 1.43 bits per heavy atom. The number of hydrogen-bond acceptors (Lipinski definition) is 5. The largest absolute Gasteiger partial charge is 0.454 e. The maximum Gasteiger partial charge on any atom is 0.231 e. The summed E-state index contributed by atoms with van der Waals surface area (Å²) < 4.78 is 22.5. The van der Waals surface area contributed by atoms with E-state index in [0.29, 0.717) is 16.5 Å². The lowest BCUT2D eigenvalue weighted by Gasteiger charge is -1.99. The zero-order valence-electron chi connectivity index (χ0n) is 11.0. The second-order valence-corrected chi connectivity index (χ2v) is 7.31. The summed E-state index contributed by atoms with van der Waals surface area (Å²) in [6, 6.07) is 5.71. The first-order valence-electron chi connectivity index (χ1n) is 6.14. The topological polar surface area (TPSA) is 48.4 Å². The molecule has 1 aliphatic heterocycles. The molecule has 1 atom stereocenters. The van der Waals surface area contributed by atoms with Crippen LogP contribution in [0.3, 0.4) is 0 Å². The van der Waals surface area contributed by atoms with Crippen LogP contribution in [-0.2, 0) is 16.6 Å². The van der Waals surface area contributed by atoms with E-state index in [2.05, 4.69) is 11.6 Å². The average molecular weight is 342 g/mol. The fourth-order valence-electron chi connectivity index (χ4n) is 1.93. The molecule has 0 unspecified atom stereocenters. The highest BCUT2D eigenvalue weighted by molar-refractivity contribution is 7.84. The van der Waals surface area contributed by atoms with Gasteiger partial charge in [-0.3, -0.25) is 4.21 Å². The van der Waals surface area contributed by atoms with E-state index in [1.807, 2.05) is 23.6 Å². The third-order valence-corrected chi connectivity index (χ3v) is 5.32. The van der Waals surface area contributed by atoms with Crippen molar-refractivity contribution in [1.82, 2.24) is 4.98 Å². The molecule has 2 aromatic rings. The second kappa shape index (κ2) is 6.17. The van der Waals surface area contributed by atoms with Crippen molar-refractivity contribution in [3.8, 4) is 22.1 Å². The Morgan fingerprint density at radius 2 is 2.24 bits per heavy atom. The van der Waals surface area contributed by atoms with E-state index in [9.17, 15) is 4.21 Å². The number of rotatable bonds is 5. The van der Waals surface area contributed by atoms with E-state index in [1.54, 1.807) is 0 Å². The zero-order valence-corrected chi connectivity index (χ0v) is 13.4. The van der Waals surface area contributed by atoms with Crippen LogP contribution < -0.4 is 9.47 Å². The van der Waals surface area contributed by atoms with Crippen molar-refractivity contribution in [1.29, 1.82) is 0 Å². The quantitative estimate of drug-likeness (QED) is 0.834. The van der Waals surface area contributed by atoms with Crippen LogP contribution >= 0.6 is 22.9 Å². The summed E-state index contributed by atoms with van der Waals surface area (Å²) in [6.07, 6.45) is 0. The highest BCUT2D eigenvalue weighted by Crippen LogP contribution is 2.36. The number of thiazole rings is 1. The summed E-state index contributed by atoms with van der Waals surface area (Å²) in [7, 11) is -1.08. The zero-order chi connectivity index (χ0) is 14.8. The van der Waals surface area contributed by atoms with Gasteiger partial charge in [-0.15, -0.1) is 11.3 Å². The highest BCUT2D eigenvalue weighted by atomic mass is 35.5. The SMILES string of the molecule is C=C(Cl)C[S@@](=O)Cc1csc(-c2ccc3c(c2)OCO3)n1. The molecular weight excluding hydrogens is 330 g/mol. The van der Waals surface area contributed by atoms with Gasteiger partial charge >= 0.3 is 0 Å². The van der Waals surface area contributed by atoms with Crippen LogP contribution in [0.1, 0.15) is 5.69 Å². The van der Waals surface area contributed by atoms with E-state index in [4.69, 9.17) is 21.1 Å². The van der Waals surface area contributed by atoms with Gasteiger partial charge in [0.25, 0.3) is 0 Å². The van der Waals surface area contributed by atoms with Crippen molar-refractivity contribution >= 4 is 33.7 Å². The first kappa shape index (κ1) is 14.6. The molecule has 21 heavy (non-hydrogen) atoms. The summed E-state index contributed by atoms with van der Waals surface area (Å²) in [5.41, 5.74) is 1.76. The molecule has 0 fully saturated rings. The summed E-state index contributed by atoms with van der Waals surface area (Å²) >= 11 is 7.17. The molecule has 1 aromatic carbocycles. The van der Waals surface area contributed by atoms with Crippen molar-refractivity contribution in [2.24, 2.45) is 0 Å². The number of aromatic nitrogens is 1. The molecule has 7 heteroatoms. The second-order valence-electron chi connectivity index (χ2n) is 4.46. The van der Waals surface area contributed by atoms with Gasteiger partial charge in [0, 0.05) is 26.8 Å². The summed E-state index contributed by atoms with van der Waals surface area (Å²) in [6.45, 7) is 3.80. The Balaban J connectivity index is 1.75. The highest BCUT2D eigenvalue weighted by Gasteiger charge is 2.15. The standard InChI is InChI=1S/C14H12ClNO3S2/c1-9(15)6-21(17)7-11-5-20-14(16-11)10-2-3-12-13(4-10)19-8-18-12/h2-5H,1,6-8H2/t21-/m1/s1. The molecule has 0 saturated heterocycles. The Hall–Kier alpha value is -1.37. The minimum atomic E-state index is -1.08. The molecule has 0 bridgehead atoms. The van der Waals surface area contributed by atoms with E-state index in [0.717, 1.165) is 27.8 Å². The van der Waals surface area contributed by atoms with Gasteiger partial charge in [0.15, 0.2) is 11.5 Å². The Morgan fingerprint density at radius 3 is 3.05 bits per heavy atom. The first-order valence-corrected chi connectivity index (χ1v) is 8.89. The van der Waals surface area contributed by atoms with E-state index < -0.39 is 10.8 Å². The van der Waals surface area contributed by atoms with Crippen LogP contribution in [0.2, 0.25) is 0 Å². The van der Waals surface area contributed by atoms with Gasteiger partial charge in [0.2, 0.25) is 6.79 Å². The molecule has 0 saturated carbocycles. The van der Waals surface area contributed by atoms with Crippen LogP contribution in [0.5, 0.6) is 11.5 Å². The molecule has 0 aliphatic carbocycles. The number of fused-ring (bicyclic) bond motifs is 1. The predicted octanol–water partition coefficient (Wildman–Crippen LogP) is 3.54. The number of hydrogen-bond donors (Lipinski definition) is 0. The maximum atomic E-state index is 11.8. The summed E-state index contributed by atoms with van der Waals surface area (Å²) in [5.74, 6) is 2.15. The van der Waals surface area contributed by atoms with Crippen LogP contribution in [0.15, 0.2) is 35.2 Å². The van der Waals surface area contributed by atoms with Crippen LogP contribution in [0.25, 0.3) is 10.6 Å². The van der Waals surface area contributed by atoms with Crippen LogP contribution in [-0.4, -0.2) is 21.7 Å². The van der Waals surface area contributed by atoms with Gasteiger partial charge in [-0.2, -0.15) is 0 Å². The Labute approximate surface area is 133 Å². The monoisotopic (exact) mass is 341 g/mol. The molecule has 2 heterocycles. The molecule has 3 rings (SSSR count). The lowest BCUT2D eigenvalue weighted by molar-refractivity contribution is 0.174. The number of halogens is 1. The van der Waals surface area contributed by atoms with Crippen molar-refractivity contribution in [2.75, 3.05) is 12.5 Å². The van der Waals surface area contributed by atoms with E-state index in [1.165, 1.54) is 11.3 Å². The molecule has 1 aromatic heterocycles. The first-order chi connectivity index (χ1) is 10.1. The molecule has 0 amide bonds. The fourth-order valence-corrected chi connectivity index (χ4v) is 4.14. The minimum absolute atomic E-state index is 0.253. The Kier molecular flexibility index (Phi) is 4.28. The van der Waals surface area contributed by atoms with Crippen molar-refractivity contribution in [3.63, 3.8) is 0 Å². The summed E-state index contributed by atoms with van der Waals surface area (Å²) in [4.78, 5) is 4.51. The molecule has 110 valence electrons.